The lowest BCUT2D eigenvalue weighted by Crippen LogP contribution is -2.34. The number of nitrogens with one attached hydrogen (secondary N) is 1. The normalized spacial score (nSPS) is 11.7. The summed E-state index contributed by atoms with van der Waals surface area (Å²) in [6.07, 6.45) is 0. The molecule has 1 N–H and O–H groups in total. The van der Waals surface area contributed by atoms with Gasteiger partial charge in [0.2, 0.25) is 15.9 Å². The van der Waals surface area contributed by atoms with Gasteiger partial charge in [-0.05, 0) is 43.3 Å². The van der Waals surface area contributed by atoms with Crippen molar-refractivity contribution in [3.05, 3.63) is 52.6 Å². The van der Waals surface area contributed by atoms with Crippen molar-refractivity contribution in [1.82, 2.24) is 9.29 Å². The van der Waals surface area contributed by atoms with Crippen molar-refractivity contribution in [2.75, 3.05) is 18.9 Å². The Morgan fingerprint density at radius 3 is 2.59 bits per heavy atom. The van der Waals surface area contributed by atoms with Crippen LogP contribution in [0.4, 0.5) is 5.13 Å². The summed E-state index contributed by atoms with van der Waals surface area (Å²) in [5.41, 5.74) is 0.602. The van der Waals surface area contributed by atoms with E-state index in [4.69, 9.17) is 16.0 Å². The number of sulfonamides is 1. The van der Waals surface area contributed by atoms with Gasteiger partial charge in [0.25, 0.3) is 0 Å². The van der Waals surface area contributed by atoms with Gasteiger partial charge in [-0.25, -0.2) is 13.4 Å². The number of hydrogen-bond acceptors (Lipinski definition) is 6. The molecule has 7 nitrogen and oxygen atoms in total. The molecule has 0 fully saturated rings. The summed E-state index contributed by atoms with van der Waals surface area (Å²) in [6, 6.07) is 9.37. The highest BCUT2D eigenvalue weighted by Gasteiger charge is 2.23. The van der Waals surface area contributed by atoms with Gasteiger partial charge in [0.1, 0.15) is 11.5 Å². The fraction of sp³-hybridized carbons (Fsp3) is 0.176. The number of aromatic nitrogens is 1. The third-order valence-corrected chi connectivity index (χ3v) is 6.46. The number of furan rings is 1. The van der Waals surface area contributed by atoms with Crippen molar-refractivity contribution in [1.29, 1.82) is 0 Å². The average Bonchev–Trinajstić information content (AvgIpc) is 3.24. The number of hydrogen-bond donors (Lipinski definition) is 1. The van der Waals surface area contributed by atoms with Gasteiger partial charge in [-0.3, -0.25) is 4.79 Å². The zero-order valence-corrected chi connectivity index (χ0v) is 16.9. The molecule has 142 valence electrons. The van der Waals surface area contributed by atoms with Crippen molar-refractivity contribution in [3.8, 4) is 11.5 Å². The Hall–Kier alpha value is -2.20. The monoisotopic (exact) mass is 425 g/mol. The Labute approximate surface area is 165 Å². The minimum Gasteiger partial charge on any atom is -0.460 e. The Kier molecular flexibility index (Phi) is 5.66. The molecule has 3 rings (SSSR count). The number of anilines is 1. The van der Waals surface area contributed by atoms with Gasteiger partial charge < -0.3 is 9.73 Å². The molecule has 10 heteroatoms. The fourth-order valence-corrected chi connectivity index (χ4v) is 4.22. The molecule has 0 bridgehead atoms. The summed E-state index contributed by atoms with van der Waals surface area (Å²) in [5.74, 6) is 0.871. The Morgan fingerprint density at radius 2 is 1.96 bits per heavy atom. The van der Waals surface area contributed by atoms with Crippen LogP contribution in [-0.4, -0.2) is 37.2 Å². The zero-order chi connectivity index (χ0) is 19.6. The molecule has 1 amide bonds. The molecule has 3 aromatic rings. The number of rotatable bonds is 6. The highest BCUT2D eigenvalue weighted by molar-refractivity contribution is 7.89. The largest absolute Gasteiger partial charge is 0.460 e. The predicted molar refractivity (Wildman–Crippen MR) is 104 cm³/mol. The molecular weight excluding hydrogens is 410 g/mol. The standard InChI is InChI=1S/C17H16ClN3O4S2/c1-11-3-8-15(25-11)14-10-26-17(19-14)20-16(22)9-21(2)27(23,24)13-6-4-12(18)5-7-13/h3-8,10H,9H2,1-2H3,(H,19,20,22). The van der Waals surface area contributed by atoms with E-state index in [1.807, 2.05) is 13.0 Å². The lowest BCUT2D eigenvalue weighted by molar-refractivity contribution is -0.116. The maximum absolute atomic E-state index is 12.5. The first-order chi connectivity index (χ1) is 12.8. The quantitative estimate of drug-likeness (QED) is 0.651. The Bertz CT molecular complexity index is 1060. The summed E-state index contributed by atoms with van der Waals surface area (Å²) < 4.78 is 31.5. The summed E-state index contributed by atoms with van der Waals surface area (Å²) in [4.78, 5) is 16.6. The number of likely N-dealkylation sites (N-methyl/N-ethyl adjacent to an activating group) is 1. The fourth-order valence-electron chi connectivity index (χ4n) is 2.25. The molecule has 0 saturated heterocycles. The number of carbonyl (C=O) groups excluding carboxylic acids is 1. The van der Waals surface area contributed by atoms with E-state index in [2.05, 4.69) is 10.3 Å². The molecular formula is C17H16ClN3O4S2. The van der Waals surface area contributed by atoms with Gasteiger partial charge in [0.15, 0.2) is 10.9 Å². The minimum absolute atomic E-state index is 0.0620. The van der Waals surface area contributed by atoms with Gasteiger partial charge in [0.05, 0.1) is 11.4 Å². The minimum atomic E-state index is -3.80. The van der Waals surface area contributed by atoms with Crippen molar-refractivity contribution < 1.29 is 17.6 Å². The summed E-state index contributed by atoms with van der Waals surface area (Å²) in [7, 11) is -2.46. The molecule has 2 heterocycles. The number of carbonyl (C=O) groups is 1. The van der Waals surface area contributed by atoms with Crippen molar-refractivity contribution in [2.24, 2.45) is 0 Å². The second-order valence-corrected chi connectivity index (χ2v) is 9.05. The van der Waals surface area contributed by atoms with Crippen LogP contribution in [0.2, 0.25) is 5.02 Å². The van der Waals surface area contributed by atoms with E-state index in [1.165, 1.54) is 42.6 Å². The van der Waals surface area contributed by atoms with Gasteiger partial charge in [-0.15, -0.1) is 11.3 Å². The van der Waals surface area contributed by atoms with Gasteiger partial charge in [-0.1, -0.05) is 11.6 Å². The highest BCUT2D eigenvalue weighted by Crippen LogP contribution is 2.26. The van der Waals surface area contributed by atoms with Crippen LogP contribution in [0.1, 0.15) is 5.76 Å². The topological polar surface area (TPSA) is 92.5 Å². The van der Waals surface area contributed by atoms with Crippen LogP contribution in [0.15, 0.2) is 51.1 Å². The summed E-state index contributed by atoms with van der Waals surface area (Å²) in [5, 5.41) is 5.15. The molecule has 0 aliphatic carbocycles. The van der Waals surface area contributed by atoms with Gasteiger partial charge in [0, 0.05) is 17.5 Å². The number of benzene rings is 1. The van der Waals surface area contributed by atoms with Crippen LogP contribution in [0.5, 0.6) is 0 Å². The zero-order valence-electron chi connectivity index (χ0n) is 14.5. The lowest BCUT2D eigenvalue weighted by atomic mass is 10.4. The maximum atomic E-state index is 12.5. The molecule has 2 aromatic heterocycles. The van der Waals surface area contributed by atoms with E-state index in [0.717, 1.165) is 10.1 Å². The molecule has 0 spiro atoms. The van der Waals surface area contributed by atoms with E-state index < -0.39 is 15.9 Å². The Morgan fingerprint density at radius 1 is 1.26 bits per heavy atom. The first-order valence-electron chi connectivity index (χ1n) is 7.80. The van der Waals surface area contributed by atoms with Crippen LogP contribution >= 0.6 is 22.9 Å². The molecule has 27 heavy (non-hydrogen) atoms. The van der Waals surface area contributed by atoms with E-state index >= 15 is 0 Å². The molecule has 0 aliphatic heterocycles. The van der Waals surface area contributed by atoms with E-state index in [1.54, 1.807) is 11.4 Å². The molecule has 0 saturated carbocycles. The van der Waals surface area contributed by atoms with Crippen LogP contribution in [0, 0.1) is 6.92 Å². The Balaban J connectivity index is 1.65. The smallest absolute Gasteiger partial charge is 0.243 e. The molecule has 0 atom stereocenters. The first kappa shape index (κ1) is 19.6. The number of thiazole rings is 1. The third kappa shape index (κ3) is 4.56. The van der Waals surface area contributed by atoms with Gasteiger partial charge >= 0.3 is 0 Å². The van der Waals surface area contributed by atoms with Crippen LogP contribution < -0.4 is 5.32 Å². The van der Waals surface area contributed by atoms with E-state index in [0.29, 0.717) is 21.6 Å². The van der Waals surface area contributed by atoms with Crippen LogP contribution in [0.3, 0.4) is 0 Å². The predicted octanol–water partition coefficient (Wildman–Crippen LogP) is 3.62. The molecule has 0 radical (unpaired) electrons. The van der Waals surface area contributed by atoms with Crippen molar-refractivity contribution >= 4 is 44.0 Å². The number of aryl methyl sites for hydroxylation is 1. The van der Waals surface area contributed by atoms with Crippen molar-refractivity contribution in [3.63, 3.8) is 0 Å². The second kappa shape index (κ2) is 7.81. The summed E-state index contributed by atoms with van der Waals surface area (Å²) >= 11 is 7.01. The average molecular weight is 426 g/mol. The SMILES string of the molecule is Cc1ccc(-c2csc(NC(=O)CN(C)S(=O)(=O)c3ccc(Cl)cc3)n2)o1. The first-order valence-corrected chi connectivity index (χ1v) is 10.5. The lowest BCUT2D eigenvalue weighted by Gasteiger charge is -2.16. The number of halogens is 1. The highest BCUT2D eigenvalue weighted by atomic mass is 35.5. The van der Waals surface area contributed by atoms with E-state index in [-0.39, 0.29) is 11.4 Å². The maximum Gasteiger partial charge on any atom is 0.243 e. The van der Waals surface area contributed by atoms with Crippen LogP contribution in [0.25, 0.3) is 11.5 Å². The number of nitrogens with zero attached hydrogens (tertiary/aromatic N) is 2. The molecule has 0 aliphatic rings. The van der Waals surface area contributed by atoms with Gasteiger partial charge in [-0.2, -0.15) is 4.31 Å². The van der Waals surface area contributed by atoms with E-state index in [9.17, 15) is 13.2 Å². The number of amides is 1. The molecule has 0 unspecified atom stereocenters. The van der Waals surface area contributed by atoms with Crippen molar-refractivity contribution in [2.45, 2.75) is 11.8 Å². The summed E-state index contributed by atoms with van der Waals surface area (Å²) in [6.45, 7) is 1.48. The third-order valence-electron chi connectivity index (χ3n) is 3.63. The molecule has 1 aromatic carbocycles. The second-order valence-electron chi connectivity index (χ2n) is 5.71. The van der Waals surface area contributed by atoms with Crippen LogP contribution in [-0.2, 0) is 14.8 Å².